The van der Waals surface area contributed by atoms with E-state index in [4.69, 9.17) is 11.6 Å². The zero-order chi connectivity index (χ0) is 23.5. The first-order valence-electron chi connectivity index (χ1n) is 9.26. The molecule has 0 heterocycles. The molecule has 0 fully saturated rings. The number of amides is 1. The van der Waals surface area contributed by atoms with E-state index in [1.54, 1.807) is 12.1 Å². The molecule has 0 saturated heterocycles. The average molecular weight is 494 g/mol. The number of nitrogens with one attached hydrogen (secondary N) is 3. The molecule has 0 aliphatic heterocycles. The Balaban J connectivity index is 1.75. The van der Waals surface area contributed by atoms with Gasteiger partial charge in [-0.1, -0.05) is 29.3 Å². The van der Waals surface area contributed by atoms with Crippen LogP contribution in [0, 0.1) is 6.92 Å². The molecule has 0 bridgehead atoms. The van der Waals surface area contributed by atoms with Gasteiger partial charge in [0, 0.05) is 11.4 Å². The quantitative estimate of drug-likeness (QED) is 0.464. The summed E-state index contributed by atoms with van der Waals surface area (Å²) in [7, 11) is -6.24. The number of anilines is 2. The van der Waals surface area contributed by atoms with Crippen LogP contribution in [-0.4, -0.2) is 29.8 Å². The predicted molar refractivity (Wildman–Crippen MR) is 124 cm³/mol. The van der Waals surface area contributed by atoms with Gasteiger partial charge >= 0.3 is 0 Å². The van der Waals surface area contributed by atoms with Crippen LogP contribution in [0.1, 0.15) is 15.9 Å². The zero-order valence-corrected chi connectivity index (χ0v) is 19.5. The molecule has 3 aromatic carbocycles. The number of benzene rings is 3. The van der Waals surface area contributed by atoms with Crippen LogP contribution in [0.15, 0.2) is 76.5 Å². The van der Waals surface area contributed by atoms with Crippen molar-refractivity contribution < 1.29 is 21.6 Å². The fourth-order valence-corrected chi connectivity index (χ4v) is 4.73. The Labute approximate surface area is 191 Å². The van der Waals surface area contributed by atoms with Gasteiger partial charge in [0.1, 0.15) is 0 Å². The summed E-state index contributed by atoms with van der Waals surface area (Å²) in [6.45, 7) is 1.86. The molecule has 0 aliphatic rings. The van der Waals surface area contributed by atoms with Crippen molar-refractivity contribution in [2.24, 2.45) is 0 Å². The molecule has 0 saturated carbocycles. The second kappa shape index (κ2) is 9.29. The van der Waals surface area contributed by atoms with E-state index >= 15 is 0 Å². The van der Waals surface area contributed by atoms with E-state index in [0.717, 1.165) is 5.56 Å². The average Bonchev–Trinajstić information content (AvgIpc) is 2.75. The van der Waals surface area contributed by atoms with E-state index in [0.29, 0.717) is 11.4 Å². The summed E-state index contributed by atoms with van der Waals surface area (Å²) in [6.07, 6.45) is 0. The summed E-state index contributed by atoms with van der Waals surface area (Å²) < 4.78 is 53.6. The van der Waals surface area contributed by atoms with E-state index in [-0.39, 0.29) is 20.4 Å². The lowest BCUT2D eigenvalue weighted by atomic mass is 10.2. The monoisotopic (exact) mass is 493 g/mol. The third kappa shape index (κ3) is 5.46. The van der Waals surface area contributed by atoms with Gasteiger partial charge in [-0.15, -0.1) is 0 Å². The molecule has 11 heteroatoms. The minimum absolute atomic E-state index is 0.0212. The van der Waals surface area contributed by atoms with Crippen LogP contribution in [0.3, 0.4) is 0 Å². The second-order valence-corrected chi connectivity index (χ2v) is 10.8. The first-order chi connectivity index (χ1) is 15.0. The van der Waals surface area contributed by atoms with Gasteiger partial charge in [-0.05, 0) is 68.6 Å². The van der Waals surface area contributed by atoms with Crippen LogP contribution < -0.4 is 14.8 Å². The van der Waals surface area contributed by atoms with E-state index in [2.05, 4.69) is 14.8 Å². The van der Waals surface area contributed by atoms with Gasteiger partial charge in [0.2, 0.25) is 10.0 Å². The largest absolute Gasteiger partial charge is 0.322 e. The molecule has 0 aromatic heterocycles. The molecule has 168 valence electrons. The maximum absolute atomic E-state index is 12.6. The van der Waals surface area contributed by atoms with E-state index in [9.17, 15) is 21.6 Å². The lowest BCUT2D eigenvalue weighted by Gasteiger charge is -2.11. The highest BCUT2D eigenvalue weighted by Crippen LogP contribution is 2.23. The van der Waals surface area contributed by atoms with E-state index < -0.39 is 26.0 Å². The van der Waals surface area contributed by atoms with Crippen molar-refractivity contribution in [1.29, 1.82) is 0 Å². The van der Waals surface area contributed by atoms with E-state index in [1.165, 1.54) is 61.6 Å². The number of hydrogen-bond acceptors (Lipinski definition) is 5. The molecular formula is C21H20ClN3O5S2. The number of aryl methyl sites for hydroxylation is 1. The molecule has 0 atom stereocenters. The Morgan fingerprint density at radius 2 is 1.34 bits per heavy atom. The van der Waals surface area contributed by atoms with Crippen LogP contribution in [0.25, 0.3) is 0 Å². The lowest BCUT2D eigenvalue weighted by Crippen LogP contribution is -2.20. The predicted octanol–water partition coefficient (Wildman–Crippen LogP) is 3.61. The Morgan fingerprint density at radius 1 is 0.781 bits per heavy atom. The van der Waals surface area contributed by atoms with Crippen molar-refractivity contribution in [2.75, 3.05) is 17.1 Å². The fourth-order valence-electron chi connectivity index (χ4n) is 2.71. The first-order valence-corrected chi connectivity index (χ1v) is 12.6. The summed E-state index contributed by atoms with van der Waals surface area (Å²) in [5, 5.41) is 2.69. The van der Waals surface area contributed by atoms with Crippen LogP contribution in [0.4, 0.5) is 11.4 Å². The number of sulfonamides is 2. The summed E-state index contributed by atoms with van der Waals surface area (Å²) in [5.74, 6) is -0.615. The lowest BCUT2D eigenvalue weighted by molar-refractivity contribution is 0.102. The second-order valence-electron chi connectivity index (χ2n) is 6.80. The SMILES string of the molecule is CNS(=O)(=O)c1ccc(Cl)c(C(=O)Nc2ccc(NS(=O)(=O)c3ccc(C)cc3)cc2)c1. The number of halogens is 1. The van der Waals surface area contributed by atoms with Gasteiger partial charge in [0.15, 0.2) is 0 Å². The molecule has 8 nitrogen and oxygen atoms in total. The van der Waals surface area contributed by atoms with Crippen LogP contribution >= 0.6 is 11.6 Å². The van der Waals surface area contributed by atoms with Crippen molar-refractivity contribution in [2.45, 2.75) is 16.7 Å². The van der Waals surface area contributed by atoms with E-state index in [1.807, 2.05) is 6.92 Å². The molecular weight excluding hydrogens is 474 g/mol. The van der Waals surface area contributed by atoms with Crippen molar-refractivity contribution in [1.82, 2.24) is 4.72 Å². The molecule has 3 rings (SSSR count). The summed E-state index contributed by atoms with van der Waals surface area (Å²) in [5.41, 5.74) is 1.60. The summed E-state index contributed by atoms with van der Waals surface area (Å²) >= 11 is 6.06. The highest BCUT2D eigenvalue weighted by atomic mass is 35.5. The standard InChI is InChI=1S/C21H20ClN3O5S2/c1-14-3-9-17(10-4-14)32(29,30)25-16-7-5-15(6-8-16)24-21(26)19-13-18(11-12-20(19)22)31(27,28)23-2/h3-13,23,25H,1-2H3,(H,24,26). The highest BCUT2D eigenvalue weighted by molar-refractivity contribution is 7.92. The Bertz CT molecular complexity index is 1360. The molecule has 3 aromatic rings. The van der Waals surface area contributed by atoms with Crippen molar-refractivity contribution in [3.8, 4) is 0 Å². The number of carbonyl (C=O) groups excluding carboxylic acids is 1. The third-order valence-electron chi connectivity index (χ3n) is 4.49. The van der Waals surface area contributed by atoms with Crippen molar-refractivity contribution >= 4 is 48.9 Å². The minimum Gasteiger partial charge on any atom is -0.322 e. The maximum atomic E-state index is 12.6. The zero-order valence-electron chi connectivity index (χ0n) is 17.1. The van der Waals surface area contributed by atoms with Gasteiger partial charge in [0.25, 0.3) is 15.9 Å². The van der Waals surface area contributed by atoms with Gasteiger partial charge < -0.3 is 5.32 Å². The fraction of sp³-hybridized carbons (Fsp3) is 0.0952. The normalized spacial score (nSPS) is 11.7. The molecule has 1 amide bonds. The molecule has 3 N–H and O–H groups in total. The first kappa shape index (κ1) is 23.7. The molecule has 32 heavy (non-hydrogen) atoms. The van der Waals surface area contributed by atoms with Gasteiger partial charge in [-0.2, -0.15) is 0 Å². The third-order valence-corrected chi connectivity index (χ3v) is 7.63. The Kier molecular flexibility index (Phi) is 6.89. The Hall–Kier alpha value is -2.92. The molecule has 0 aliphatic carbocycles. The van der Waals surface area contributed by atoms with Gasteiger partial charge in [-0.3, -0.25) is 9.52 Å². The number of hydrogen-bond donors (Lipinski definition) is 3. The highest BCUT2D eigenvalue weighted by Gasteiger charge is 2.18. The minimum atomic E-state index is -3.75. The number of carbonyl (C=O) groups is 1. The van der Waals surface area contributed by atoms with Crippen LogP contribution in [0.2, 0.25) is 5.02 Å². The topological polar surface area (TPSA) is 121 Å². The van der Waals surface area contributed by atoms with Crippen LogP contribution in [-0.2, 0) is 20.0 Å². The molecule has 0 spiro atoms. The van der Waals surface area contributed by atoms with Crippen molar-refractivity contribution in [3.63, 3.8) is 0 Å². The molecule has 0 radical (unpaired) electrons. The summed E-state index contributed by atoms with van der Waals surface area (Å²) in [4.78, 5) is 12.6. The Morgan fingerprint density at radius 3 is 1.94 bits per heavy atom. The molecule has 0 unspecified atom stereocenters. The number of rotatable bonds is 7. The van der Waals surface area contributed by atoms with Crippen LogP contribution in [0.5, 0.6) is 0 Å². The van der Waals surface area contributed by atoms with Gasteiger partial charge in [-0.25, -0.2) is 21.6 Å². The smallest absolute Gasteiger partial charge is 0.261 e. The summed E-state index contributed by atoms with van der Waals surface area (Å²) in [6, 6.07) is 16.2. The maximum Gasteiger partial charge on any atom is 0.261 e. The van der Waals surface area contributed by atoms with Gasteiger partial charge in [0.05, 0.1) is 20.4 Å². The van der Waals surface area contributed by atoms with Crippen molar-refractivity contribution in [3.05, 3.63) is 82.9 Å².